The number of nitrogens with one attached hydrogen (secondary N) is 4. The van der Waals surface area contributed by atoms with Crippen molar-refractivity contribution in [1.82, 2.24) is 21.3 Å². The Bertz CT molecular complexity index is 901. The summed E-state index contributed by atoms with van der Waals surface area (Å²) in [7, 11) is 0. The number of primary amides is 1. The van der Waals surface area contributed by atoms with Crippen molar-refractivity contribution in [3.63, 3.8) is 0 Å². The number of benzene rings is 1. The van der Waals surface area contributed by atoms with Gasteiger partial charge in [0.2, 0.25) is 23.6 Å². The number of aliphatic hydroxyl groups excluding tert-OH is 1. The molecule has 4 atom stereocenters. The predicted molar refractivity (Wildman–Crippen MR) is 117 cm³/mol. The molecule has 4 unspecified atom stereocenters. The molecule has 1 saturated heterocycles. The minimum absolute atomic E-state index is 0.0156. The molecule has 1 aliphatic rings. The number of aromatic hydroxyl groups is 1. The van der Waals surface area contributed by atoms with E-state index in [1.165, 1.54) is 24.3 Å². The number of amides is 4. The van der Waals surface area contributed by atoms with Gasteiger partial charge in [-0.25, -0.2) is 4.79 Å². The van der Waals surface area contributed by atoms with E-state index in [9.17, 15) is 39.3 Å². The summed E-state index contributed by atoms with van der Waals surface area (Å²) in [5.74, 6) is -4.75. The normalized spacial score (nSPS) is 17.7. The number of nitrogens with two attached hydrogens (primary N) is 1. The second-order valence-electron chi connectivity index (χ2n) is 7.89. The van der Waals surface area contributed by atoms with E-state index in [2.05, 4.69) is 21.3 Å². The minimum atomic E-state index is -1.54. The number of carbonyl (C=O) groups excluding carboxylic acids is 4. The van der Waals surface area contributed by atoms with E-state index in [0.29, 0.717) is 18.5 Å². The predicted octanol–water partition coefficient (Wildman–Crippen LogP) is -2.91. The highest BCUT2D eigenvalue weighted by Crippen LogP contribution is 2.12. The van der Waals surface area contributed by atoms with Gasteiger partial charge < -0.3 is 42.3 Å². The Morgan fingerprint density at radius 1 is 1.00 bits per heavy atom. The quantitative estimate of drug-likeness (QED) is 0.154. The fraction of sp³-hybridized carbons (Fsp3) is 0.476. The van der Waals surface area contributed by atoms with Crippen molar-refractivity contribution in [3.8, 4) is 5.75 Å². The smallest absolute Gasteiger partial charge is 0.326 e. The van der Waals surface area contributed by atoms with Crippen LogP contribution < -0.4 is 27.0 Å². The van der Waals surface area contributed by atoms with E-state index in [4.69, 9.17) is 5.73 Å². The number of hydrogen-bond acceptors (Lipinski definition) is 8. The maximum atomic E-state index is 12.7. The fourth-order valence-electron chi connectivity index (χ4n) is 3.40. The first-order valence-electron chi connectivity index (χ1n) is 10.6. The molecule has 0 saturated carbocycles. The molecule has 1 fully saturated rings. The maximum Gasteiger partial charge on any atom is 0.326 e. The Morgan fingerprint density at radius 2 is 1.62 bits per heavy atom. The molecule has 0 radical (unpaired) electrons. The van der Waals surface area contributed by atoms with Crippen molar-refractivity contribution in [3.05, 3.63) is 29.8 Å². The monoisotopic (exact) mass is 479 g/mol. The maximum absolute atomic E-state index is 12.7. The van der Waals surface area contributed by atoms with Crippen LogP contribution in [-0.4, -0.2) is 82.2 Å². The van der Waals surface area contributed by atoms with E-state index in [-0.39, 0.29) is 12.2 Å². The van der Waals surface area contributed by atoms with Crippen LogP contribution in [0.2, 0.25) is 0 Å². The van der Waals surface area contributed by atoms with Crippen LogP contribution in [0.25, 0.3) is 0 Å². The molecule has 0 aromatic heterocycles. The Labute approximate surface area is 195 Å². The van der Waals surface area contributed by atoms with Crippen molar-refractivity contribution < 1.29 is 39.3 Å². The number of hydrogen-bond donors (Lipinski definition) is 8. The van der Waals surface area contributed by atoms with Crippen LogP contribution in [0, 0.1) is 0 Å². The number of aliphatic carboxylic acids is 1. The summed E-state index contributed by atoms with van der Waals surface area (Å²) < 4.78 is 0. The zero-order valence-corrected chi connectivity index (χ0v) is 18.3. The molecule has 13 heteroatoms. The summed E-state index contributed by atoms with van der Waals surface area (Å²) in [4.78, 5) is 60.6. The van der Waals surface area contributed by atoms with Crippen LogP contribution in [0.4, 0.5) is 0 Å². The van der Waals surface area contributed by atoms with Gasteiger partial charge in [-0.1, -0.05) is 12.1 Å². The van der Waals surface area contributed by atoms with Crippen molar-refractivity contribution >= 4 is 29.6 Å². The van der Waals surface area contributed by atoms with Crippen LogP contribution in [0.15, 0.2) is 24.3 Å². The lowest BCUT2D eigenvalue weighted by molar-refractivity contribution is -0.142. The van der Waals surface area contributed by atoms with Gasteiger partial charge in [0.05, 0.1) is 19.1 Å². The molecule has 2 rings (SSSR count). The summed E-state index contributed by atoms with van der Waals surface area (Å²) in [5, 5.41) is 38.2. The molecule has 13 nitrogen and oxygen atoms in total. The Kier molecular flexibility index (Phi) is 9.76. The summed E-state index contributed by atoms with van der Waals surface area (Å²) in [6.45, 7) is -0.127. The second kappa shape index (κ2) is 12.5. The summed E-state index contributed by atoms with van der Waals surface area (Å²) >= 11 is 0. The van der Waals surface area contributed by atoms with Gasteiger partial charge in [-0.3, -0.25) is 19.2 Å². The van der Waals surface area contributed by atoms with Gasteiger partial charge in [0.25, 0.3) is 0 Å². The first kappa shape index (κ1) is 26.5. The highest BCUT2D eigenvalue weighted by Gasteiger charge is 2.32. The lowest BCUT2D eigenvalue weighted by Gasteiger charge is -2.24. The van der Waals surface area contributed by atoms with E-state index in [0.717, 1.165) is 6.42 Å². The van der Waals surface area contributed by atoms with E-state index in [1.54, 1.807) is 0 Å². The zero-order valence-electron chi connectivity index (χ0n) is 18.3. The fourth-order valence-corrected chi connectivity index (χ4v) is 3.40. The Morgan fingerprint density at radius 3 is 2.15 bits per heavy atom. The highest BCUT2D eigenvalue weighted by atomic mass is 16.4. The van der Waals surface area contributed by atoms with Gasteiger partial charge in [-0.05, 0) is 37.1 Å². The van der Waals surface area contributed by atoms with Gasteiger partial charge in [-0.2, -0.15) is 0 Å². The van der Waals surface area contributed by atoms with E-state index in [1.807, 2.05) is 0 Å². The summed E-state index contributed by atoms with van der Waals surface area (Å²) in [5.41, 5.74) is 5.67. The zero-order chi connectivity index (χ0) is 25.3. The molecule has 9 N–H and O–H groups in total. The third kappa shape index (κ3) is 8.01. The average Bonchev–Trinajstić information content (AvgIpc) is 3.32. The first-order chi connectivity index (χ1) is 16.1. The van der Waals surface area contributed by atoms with Gasteiger partial charge >= 0.3 is 5.97 Å². The molecular formula is C21H29N5O8. The SMILES string of the molecule is NC(=O)CC(NC(=O)C(CO)NC(=O)C1CCCN1)C(=O)NC(Cc1ccc(O)cc1)C(=O)O. The molecule has 34 heavy (non-hydrogen) atoms. The van der Waals surface area contributed by atoms with Crippen LogP contribution in [0.1, 0.15) is 24.8 Å². The lowest BCUT2D eigenvalue weighted by Crippen LogP contribution is -2.58. The topological polar surface area (TPSA) is 220 Å². The Balaban J connectivity index is 2.06. The number of carboxylic acids is 1. The first-order valence-corrected chi connectivity index (χ1v) is 10.6. The van der Waals surface area contributed by atoms with Crippen LogP contribution >= 0.6 is 0 Å². The van der Waals surface area contributed by atoms with Crippen molar-refractivity contribution in [2.75, 3.05) is 13.2 Å². The van der Waals surface area contributed by atoms with Crippen LogP contribution in [0.5, 0.6) is 5.75 Å². The molecule has 0 aliphatic carbocycles. The molecule has 4 amide bonds. The molecule has 1 aromatic rings. The number of carbonyl (C=O) groups is 5. The standard InChI is InChI=1S/C21H29N5O8/c22-17(29)9-14(24-20(32)16(10-27)26-18(30)13-2-1-7-23-13)19(31)25-15(21(33)34)8-11-3-5-12(28)6-4-11/h3-6,13-16,23,27-28H,1-2,7-10H2,(H2,22,29)(H,24,32)(H,25,31)(H,26,30)(H,33,34). The third-order valence-corrected chi connectivity index (χ3v) is 5.22. The Hall–Kier alpha value is -3.71. The number of phenols is 1. The highest BCUT2D eigenvalue weighted by molar-refractivity contribution is 5.96. The molecule has 1 heterocycles. The van der Waals surface area contributed by atoms with Crippen molar-refractivity contribution in [1.29, 1.82) is 0 Å². The van der Waals surface area contributed by atoms with E-state index < -0.39 is 66.8 Å². The largest absolute Gasteiger partial charge is 0.508 e. The number of aliphatic hydroxyl groups is 1. The average molecular weight is 479 g/mol. The van der Waals surface area contributed by atoms with Gasteiger partial charge in [0.1, 0.15) is 23.9 Å². The van der Waals surface area contributed by atoms with Gasteiger partial charge in [-0.15, -0.1) is 0 Å². The molecular weight excluding hydrogens is 450 g/mol. The molecule has 0 spiro atoms. The van der Waals surface area contributed by atoms with Crippen molar-refractivity contribution in [2.45, 2.75) is 49.9 Å². The van der Waals surface area contributed by atoms with Crippen molar-refractivity contribution in [2.24, 2.45) is 5.73 Å². The second-order valence-corrected chi connectivity index (χ2v) is 7.89. The molecule has 0 bridgehead atoms. The number of carboxylic acid groups (broad SMARTS) is 1. The summed E-state index contributed by atoms with van der Waals surface area (Å²) in [6.07, 6.45) is 0.571. The van der Waals surface area contributed by atoms with Gasteiger partial charge in [0.15, 0.2) is 0 Å². The summed E-state index contributed by atoms with van der Waals surface area (Å²) in [6, 6.07) is 0.816. The van der Waals surface area contributed by atoms with Crippen LogP contribution in [-0.2, 0) is 30.4 Å². The van der Waals surface area contributed by atoms with Gasteiger partial charge in [0, 0.05) is 6.42 Å². The molecule has 1 aliphatic heterocycles. The number of phenolic OH excluding ortho intramolecular Hbond substituents is 1. The van der Waals surface area contributed by atoms with E-state index >= 15 is 0 Å². The third-order valence-electron chi connectivity index (χ3n) is 5.22. The molecule has 1 aromatic carbocycles. The lowest BCUT2D eigenvalue weighted by atomic mass is 10.0. The minimum Gasteiger partial charge on any atom is -0.508 e. The molecule has 186 valence electrons. The van der Waals surface area contributed by atoms with Crippen LogP contribution in [0.3, 0.4) is 0 Å². The number of rotatable bonds is 12.